The van der Waals surface area contributed by atoms with E-state index in [1.165, 1.54) is 5.56 Å². The van der Waals surface area contributed by atoms with Crippen molar-refractivity contribution in [3.63, 3.8) is 0 Å². The zero-order valence-electron chi connectivity index (χ0n) is 14.5. The van der Waals surface area contributed by atoms with Gasteiger partial charge in [-0.2, -0.15) is 0 Å². The molecule has 1 heterocycles. The van der Waals surface area contributed by atoms with Crippen molar-refractivity contribution in [2.75, 3.05) is 7.11 Å². The summed E-state index contributed by atoms with van der Waals surface area (Å²) in [7, 11) is 1.69. The van der Waals surface area contributed by atoms with Crippen LogP contribution in [0.1, 0.15) is 47.7 Å². The van der Waals surface area contributed by atoms with Gasteiger partial charge in [-0.05, 0) is 55.4 Å². The molecule has 0 amide bonds. The van der Waals surface area contributed by atoms with Crippen LogP contribution < -0.4 is 4.74 Å². The summed E-state index contributed by atoms with van der Waals surface area (Å²) in [6.07, 6.45) is 6.47. The predicted molar refractivity (Wildman–Crippen MR) is 100.0 cm³/mol. The largest absolute Gasteiger partial charge is 0.496 e. The van der Waals surface area contributed by atoms with Crippen LogP contribution in [0.4, 0.5) is 0 Å². The molecule has 1 unspecified atom stereocenters. The second-order valence-electron chi connectivity index (χ2n) is 6.43. The molecule has 0 fully saturated rings. The van der Waals surface area contributed by atoms with E-state index in [0.29, 0.717) is 11.7 Å². The van der Waals surface area contributed by atoms with Crippen molar-refractivity contribution in [3.05, 3.63) is 45.5 Å². The van der Waals surface area contributed by atoms with Crippen LogP contribution in [0.5, 0.6) is 5.75 Å². The SMILES string of the molecule is CCC(Cn1cnc(Cl)c1Cl)C(=O)c1ccc(OC)c2c1CCCC2. The van der Waals surface area contributed by atoms with Crippen molar-refractivity contribution in [3.8, 4) is 5.75 Å². The molecule has 2 aromatic rings. The molecule has 0 aliphatic heterocycles. The first-order chi connectivity index (χ1) is 12.1. The van der Waals surface area contributed by atoms with Crippen LogP contribution in [0, 0.1) is 5.92 Å². The fraction of sp³-hybridized carbons (Fsp3) is 0.474. The van der Waals surface area contributed by atoms with Crippen LogP contribution in [-0.2, 0) is 19.4 Å². The average molecular weight is 381 g/mol. The molecular formula is C19H22Cl2N2O2. The van der Waals surface area contributed by atoms with E-state index in [0.717, 1.165) is 49.0 Å². The van der Waals surface area contributed by atoms with Crippen LogP contribution >= 0.6 is 23.2 Å². The Morgan fingerprint density at radius 2 is 2.00 bits per heavy atom. The molecule has 25 heavy (non-hydrogen) atoms. The van der Waals surface area contributed by atoms with Crippen molar-refractivity contribution in [2.45, 2.75) is 45.6 Å². The lowest BCUT2D eigenvalue weighted by Crippen LogP contribution is -2.22. The van der Waals surface area contributed by atoms with Gasteiger partial charge in [-0.25, -0.2) is 4.98 Å². The Kier molecular flexibility index (Phi) is 5.70. The maximum absolute atomic E-state index is 13.2. The third-order valence-electron chi connectivity index (χ3n) is 4.99. The number of methoxy groups -OCH3 is 1. The zero-order valence-corrected chi connectivity index (χ0v) is 16.0. The number of halogens is 2. The molecule has 134 valence electrons. The number of ketones is 1. The molecule has 1 aromatic carbocycles. The Hall–Kier alpha value is -1.52. The summed E-state index contributed by atoms with van der Waals surface area (Å²) >= 11 is 12.1. The van der Waals surface area contributed by atoms with E-state index in [9.17, 15) is 4.79 Å². The van der Waals surface area contributed by atoms with Crippen LogP contribution in [0.25, 0.3) is 0 Å². The number of hydrogen-bond acceptors (Lipinski definition) is 3. The minimum atomic E-state index is -0.165. The summed E-state index contributed by atoms with van der Waals surface area (Å²) in [5, 5.41) is 0.649. The highest BCUT2D eigenvalue weighted by atomic mass is 35.5. The molecule has 1 aromatic heterocycles. The van der Waals surface area contributed by atoms with Crippen LogP contribution in [0.15, 0.2) is 18.5 Å². The summed E-state index contributed by atoms with van der Waals surface area (Å²) in [4.78, 5) is 17.2. The molecule has 0 radical (unpaired) electrons. The minimum Gasteiger partial charge on any atom is -0.496 e. The van der Waals surface area contributed by atoms with E-state index in [4.69, 9.17) is 27.9 Å². The molecule has 0 spiro atoms. The van der Waals surface area contributed by atoms with Gasteiger partial charge in [0.25, 0.3) is 0 Å². The third kappa shape index (κ3) is 3.56. The van der Waals surface area contributed by atoms with Crippen LogP contribution in [0.2, 0.25) is 10.3 Å². The Labute approximate surface area is 158 Å². The number of imidazole rings is 1. The Balaban J connectivity index is 1.92. The maximum atomic E-state index is 13.2. The fourth-order valence-corrected chi connectivity index (χ4v) is 3.90. The maximum Gasteiger partial charge on any atom is 0.168 e. The lowest BCUT2D eigenvalue weighted by Gasteiger charge is -2.23. The minimum absolute atomic E-state index is 0.157. The summed E-state index contributed by atoms with van der Waals surface area (Å²) in [5.74, 6) is 0.884. The number of Topliss-reactive ketones (excluding diaryl/α,β-unsaturated/α-hetero) is 1. The number of hydrogen-bond donors (Lipinski definition) is 0. The highest BCUT2D eigenvalue weighted by Crippen LogP contribution is 2.34. The predicted octanol–water partition coefficient (Wildman–Crippen LogP) is 4.99. The van der Waals surface area contributed by atoms with Gasteiger partial charge in [-0.15, -0.1) is 0 Å². The van der Waals surface area contributed by atoms with Gasteiger partial charge in [0.05, 0.1) is 13.4 Å². The highest BCUT2D eigenvalue weighted by Gasteiger charge is 2.26. The van der Waals surface area contributed by atoms with E-state index in [2.05, 4.69) is 4.98 Å². The first-order valence-electron chi connectivity index (χ1n) is 8.65. The lowest BCUT2D eigenvalue weighted by atomic mass is 9.83. The summed E-state index contributed by atoms with van der Waals surface area (Å²) < 4.78 is 7.23. The average Bonchev–Trinajstić information content (AvgIpc) is 2.96. The zero-order chi connectivity index (χ0) is 18.0. The topological polar surface area (TPSA) is 44.1 Å². The number of rotatable bonds is 6. The Morgan fingerprint density at radius 3 is 2.60 bits per heavy atom. The fourth-order valence-electron chi connectivity index (χ4n) is 3.58. The highest BCUT2D eigenvalue weighted by molar-refractivity contribution is 6.40. The van der Waals surface area contributed by atoms with E-state index in [1.54, 1.807) is 18.0 Å². The molecule has 1 aliphatic carbocycles. The van der Waals surface area contributed by atoms with Gasteiger partial charge >= 0.3 is 0 Å². The molecule has 1 atom stereocenters. The van der Waals surface area contributed by atoms with Crippen molar-refractivity contribution < 1.29 is 9.53 Å². The molecule has 6 heteroatoms. The summed E-state index contributed by atoms with van der Waals surface area (Å²) in [5.41, 5.74) is 3.17. The van der Waals surface area contributed by atoms with Gasteiger partial charge in [-0.3, -0.25) is 4.79 Å². The molecule has 0 saturated heterocycles. The molecule has 0 bridgehead atoms. The van der Waals surface area contributed by atoms with Crippen molar-refractivity contribution >= 4 is 29.0 Å². The number of carbonyl (C=O) groups excluding carboxylic acids is 1. The van der Waals surface area contributed by atoms with Crippen molar-refractivity contribution in [2.24, 2.45) is 5.92 Å². The molecule has 1 aliphatic rings. The number of ether oxygens (including phenoxy) is 1. The summed E-state index contributed by atoms with van der Waals surface area (Å²) in [6.45, 7) is 2.50. The van der Waals surface area contributed by atoms with Crippen LogP contribution in [-0.4, -0.2) is 22.4 Å². The molecule has 3 rings (SSSR count). The van der Waals surface area contributed by atoms with Crippen molar-refractivity contribution in [1.82, 2.24) is 9.55 Å². The second-order valence-corrected chi connectivity index (χ2v) is 7.14. The van der Waals surface area contributed by atoms with Gasteiger partial charge in [0.2, 0.25) is 0 Å². The number of benzene rings is 1. The Morgan fingerprint density at radius 1 is 1.28 bits per heavy atom. The number of nitrogens with zero attached hydrogens (tertiary/aromatic N) is 2. The van der Waals surface area contributed by atoms with Crippen molar-refractivity contribution in [1.29, 1.82) is 0 Å². The molecule has 0 saturated carbocycles. The first kappa shape index (κ1) is 18.3. The standard InChI is InChI=1S/C19H22Cl2N2O2/c1-3-12(10-23-11-22-18(20)19(23)21)17(24)15-8-9-16(25-2)14-7-5-4-6-13(14)15/h8-9,11-12H,3-7,10H2,1-2H3. The first-order valence-corrected chi connectivity index (χ1v) is 9.41. The van der Waals surface area contributed by atoms with Crippen LogP contribution in [0.3, 0.4) is 0 Å². The van der Waals surface area contributed by atoms with Gasteiger partial charge in [0, 0.05) is 18.0 Å². The summed E-state index contributed by atoms with van der Waals surface area (Å²) in [6, 6.07) is 3.83. The quantitative estimate of drug-likeness (QED) is 0.663. The van der Waals surface area contributed by atoms with E-state index in [-0.39, 0.29) is 16.9 Å². The van der Waals surface area contributed by atoms with E-state index < -0.39 is 0 Å². The smallest absolute Gasteiger partial charge is 0.168 e. The van der Waals surface area contributed by atoms with Gasteiger partial charge in [-0.1, -0.05) is 30.1 Å². The lowest BCUT2D eigenvalue weighted by molar-refractivity contribution is 0.0902. The second kappa shape index (κ2) is 7.79. The monoisotopic (exact) mass is 380 g/mol. The molecule has 4 nitrogen and oxygen atoms in total. The van der Waals surface area contributed by atoms with Gasteiger partial charge in [0.15, 0.2) is 10.9 Å². The van der Waals surface area contributed by atoms with Gasteiger partial charge < -0.3 is 9.30 Å². The Bertz CT molecular complexity index is 786. The van der Waals surface area contributed by atoms with E-state index in [1.807, 2.05) is 19.1 Å². The number of carbonyl (C=O) groups is 1. The third-order valence-corrected chi connectivity index (χ3v) is 5.76. The molecule has 0 N–H and O–H groups in total. The van der Waals surface area contributed by atoms with E-state index >= 15 is 0 Å². The number of fused-ring (bicyclic) bond motifs is 1. The number of aromatic nitrogens is 2. The van der Waals surface area contributed by atoms with Gasteiger partial charge in [0.1, 0.15) is 10.9 Å². The molecular weight excluding hydrogens is 359 g/mol. The normalized spacial score (nSPS) is 14.9.